The van der Waals surface area contributed by atoms with Gasteiger partial charge in [0.25, 0.3) is 0 Å². The van der Waals surface area contributed by atoms with Gasteiger partial charge in [0.1, 0.15) is 0 Å². The molecule has 1 unspecified atom stereocenters. The van der Waals surface area contributed by atoms with Crippen molar-refractivity contribution in [2.75, 3.05) is 14.2 Å². The Morgan fingerprint density at radius 1 is 1.21 bits per heavy atom. The van der Waals surface area contributed by atoms with Crippen molar-refractivity contribution in [1.29, 1.82) is 0 Å². The molecule has 0 aromatic rings. The first-order chi connectivity index (χ1) is 11.3. The molecule has 0 N–H and O–H groups in total. The molecule has 0 aromatic heterocycles. The van der Waals surface area contributed by atoms with Gasteiger partial charge in [-0.3, -0.25) is 9.59 Å². The number of allylic oxidation sites excluding steroid dienone is 1. The largest absolute Gasteiger partial charge is 0.469 e. The summed E-state index contributed by atoms with van der Waals surface area (Å²) in [5.74, 6) is 0.463. The summed E-state index contributed by atoms with van der Waals surface area (Å²) in [5, 5.41) is 0. The standard InChI is InChI=1S/C20H32O4/c1-14-10-11-16-19(2,15(14)8-6-9-17(21)23-4)12-7-13-20(16,3)18(22)24-5/h15-16H,1,6-13H2,2-5H3/t15-,16?,19+,20-/m0/s1. The summed E-state index contributed by atoms with van der Waals surface area (Å²) in [5.41, 5.74) is 0.947. The highest BCUT2D eigenvalue weighted by Gasteiger charge is 2.57. The van der Waals surface area contributed by atoms with Crippen LogP contribution in [0.1, 0.15) is 65.2 Å². The third kappa shape index (κ3) is 3.25. The summed E-state index contributed by atoms with van der Waals surface area (Å²) < 4.78 is 9.91. The van der Waals surface area contributed by atoms with E-state index in [9.17, 15) is 9.59 Å². The molecule has 4 atom stereocenters. The molecule has 0 amide bonds. The van der Waals surface area contributed by atoms with Gasteiger partial charge in [-0.1, -0.05) is 25.5 Å². The summed E-state index contributed by atoms with van der Waals surface area (Å²) in [6.45, 7) is 8.74. The van der Waals surface area contributed by atoms with E-state index in [0.29, 0.717) is 18.3 Å². The van der Waals surface area contributed by atoms with E-state index in [-0.39, 0.29) is 17.4 Å². The fraction of sp³-hybridized carbons (Fsp3) is 0.800. The number of rotatable bonds is 5. The van der Waals surface area contributed by atoms with Crippen molar-refractivity contribution in [2.45, 2.75) is 65.2 Å². The maximum Gasteiger partial charge on any atom is 0.311 e. The van der Waals surface area contributed by atoms with Crippen molar-refractivity contribution in [2.24, 2.45) is 22.7 Å². The zero-order chi connectivity index (χ0) is 18.0. The highest BCUT2D eigenvalue weighted by atomic mass is 16.5. The van der Waals surface area contributed by atoms with Crippen LogP contribution in [0.2, 0.25) is 0 Å². The van der Waals surface area contributed by atoms with Crippen molar-refractivity contribution in [3.8, 4) is 0 Å². The third-order valence-electron chi connectivity index (χ3n) is 6.77. The molecule has 0 saturated heterocycles. The van der Waals surface area contributed by atoms with Crippen LogP contribution in [-0.4, -0.2) is 26.2 Å². The van der Waals surface area contributed by atoms with E-state index in [1.54, 1.807) is 0 Å². The Hall–Kier alpha value is -1.32. The lowest BCUT2D eigenvalue weighted by molar-refractivity contribution is -0.168. The fourth-order valence-corrected chi connectivity index (χ4v) is 5.51. The minimum atomic E-state index is -0.400. The van der Waals surface area contributed by atoms with Crippen LogP contribution in [0, 0.1) is 22.7 Å². The van der Waals surface area contributed by atoms with E-state index in [0.717, 1.165) is 44.9 Å². The molecule has 2 aliphatic carbocycles. The normalized spacial score (nSPS) is 35.9. The first-order valence-electron chi connectivity index (χ1n) is 9.12. The van der Waals surface area contributed by atoms with Crippen molar-refractivity contribution in [1.82, 2.24) is 0 Å². The number of carbonyl (C=O) groups is 2. The molecule has 2 aliphatic rings. The number of carbonyl (C=O) groups excluding carboxylic acids is 2. The number of ether oxygens (including phenoxy) is 2. The molecule has 24 heavy (non-hydrogen) atoms. The SMILES string of the molecule is C=C1CCC2[C@](C)(CCC[C@]2(C)C(=O)OC)[C@H]1CCCC(=O)OC. The topological polar surface area (TPSA) is 52.6 Å². The van der Waals surface area contributed by atoms with Crippen LogP contribution in [-0.2, 0) is 19.1 Å². The number of esters is 2. The molecule has 4 nitrogen and oxygen atoms in total. The summed E-state index contributed by atoms with van der Waals surface area (Å²) >= 11 is 0. The fourth-order valence-electron chi connectivity index (χ4n) is 5.51. The average molecular weight is 336 g/mol. The number of methoxy groups -OCH3 is 2. The van der Waals surface area contributed by atoms with Gasteiger partial charge in [-0.25, -0.2) is 0 Å². The van der Waals surface area contributed by atoms with E-state index >= 15 is 0 Å². The highest BCUT2D eigenvalue weighted by Crippen LogP contribution is 2.62. The second-order valence-electron chi connectivity index (χ2n) is 8.04. The predicted molar refractivity (Wildman–Crippen MR) is 93.3 cm³/mol. The molecule has 2 rings (SSSR count). The molecule has 0 heterocycles. The van der Waals surface area contributed by atoms with Gasteiger partial charge in [-0.15, -0.1) is 0 Å². The number of fused-ring (bicyclic) bond motifs is 1. The summed E-state index contributed by atoms with van der Waals surface area (Å²) in [6.07, 6.45) is 7.25. The Bertz CT molecular complexity index is 512. The first kappa shape index (κ1) is 19.0. The Morgan fingerprint density at radius 3 is 2.54 bits per heavy atom. The van der Waals surface area contributed by atoms with E-state index in [2.05, 4.69) is 20.4 Å². The number of hydrogen-bond acceptors (Lipinski definition) is 4. The Morgan fingerprint density at radius 2 is 1.92 bits per heavy atom. The van der Waals surface area contributed by atoms with E-state index in [1.165, 1.54) is 19.8 Å². The van der Waals surface area contributed by atoms with Gasteiger partial charge in [-0.05, 0) is 62.7 Å². The van der Waals surface area contributed by atoms with Gasteiger partial charge in [0.05, 0.1) is 19.6 Å². The van der Waals surface area contributed by atoms with Crippen LogP contribution in [0.3, 0.4) is 0 Å². The minimum Gasteiger partial charge on any atom is -0.469 e. The zero-order valence-electron chi connectivity index (χ0n) is 15.7. The average Bonchev–Trinajstić information content (AvgIpc) is 2.56. The lowest BCUT2D eigenvalue weighted by Crippen LogP contribution is -2.53. The van der Waals surface area contributed by atoms with Gasteiger partial charge in [0.2, 0.25) is 0 Å². The van der Waals surface area contributed by atoms with Gasteiger partial charge in [0.15, 0.2) is 0 Å². The molecule has 2 saturated carbocycles. The summed E-state index contributed by atoms with van der Waals surface area (Å²) in [6, 6.07) is 0. The van der Waals surface area contributed by atoms with E-state index in [4.69, 9.17) is 9.47 Å². The molecule has 0 spiro atoms. The Labute approximate surface area is 146 Å². The second kappa shape index (κ2) is 7.28. The molecular formula is C20H32O4. The molecule has 2 fully saturated rings. The summed E-state index contributed by atoms with van der Waals surface area (Å²) in [4.78, 5) is 23.9. The van der Waals surface area contributed by atoms with Crippen LogP contribution in [0.25, 0.3) is 0 Å². The minimum absolute atomic E-state index is 0.0621. The predicted octanol–water partition coefficient (Wildman–Crippen LogP) is 4.28. The molecular weight excluding hydrogens is 304 g/mol. The van der Waals surface area contributed by atoms with Gasteiger partial charge in [-0.2, -0.15) is 0 Å². The van der Waals surface area contributed by atoms with Crippen molar-refractivity contribution < 1.29 is 19.1 Å². The van der Waals surface area contributed by atoms with Crippen LogP contribution in [0.15, 0.2) is 12.2 Å². The van der Waals surface area contributed by atoms with Gasteiger partial charge >= 0.3 is 11.9 Å². The Kier molecular flexibility index (Phi) is 5.77. The quantitative estimate of drug-likeness (QED) is 0.555. The highest BCUT2D eigenvalue weighted by molar-refractivity contribution is 5.77. The van der Waals surface area contributed by atoms with Gasteiger partial charge in [0, 0.05) is 6.42 Å². The van der Waals surface area contributed by atoms with Crippen molar-refractivity contribution >= 4 is 11.9 Å². The smallest absolute Gasteiger partial charge is 0.311 e. The van der Waals surface area contributed by atoms with Crippen LogP contribution in [0.4, 0.5) is 0 Å². The maximum atomic E-state index is 12.5. The lowest BCUT2D eigenvalue weighted by Gasteiger charge is -2.57. The van der Waals surface area contributed by atoms with Crippen LogP contribution >= 0.6 is 0 Å². The molecule has 0 aliphatic heterocycles. The monoisotopic (exact) mass is 336 g/mol. The van der Waals surface area contributed by atoms with Crippen LogP contribution < -0.4 is 0 Å². The van der Waals surface area contributed by atoms with Crippen LogP contribution in [0.5, 0.6) is 0 Å². The molecule has 0 aromatic carbocycles. The second-order valence-corrected chi connectivity index (χ2v) is 8.04. The third-order valence-corrected chi connectivity index (χ3v) is 6.77. The zero-order valence-corrected chi connectivity index (χ0v) is 15.7. The molecule has 0 bridgehead atoms. The Balaban J connectivity index is 2.21. The molecule has 0 radical (unpaired) electrons. The lowest BCUT2D eigenvalue weighted by atomic mass is 9.46. The van der Waals surface area contributed by atoms with Gasteiger partial charge < -0.3 is 9.47 Å². The van der Waals surface area contributed by atoms with E-state index < -0.39 is 5.41 Å². The van der Waals surface area contributed by atoms with Crippen molar-refractivity contribution in [3.63, 3.8) is 0 Å². The maximum absolute atomic E-state index is 12.5. The first-order valence-corrected chi connectivity index (χ1v) is 9.12. The van der Waals surface area contributed by atoms with Crippen molar-refractivity contribution in [3.05, 3.63) is 12.2 Å². The molecule has 136 valence electrons. The number of hydrogen-bond donors (Lipinski definition) is 0. The van der Waals surface area contributed by atoms with E-state index in [1.807, 2.05) is 0 Å². The molecule has 4 heteroatoms. The summed E-state index contributed by atoms with van der Waals surface area (Å²) in [7, 11) is 2.93.